The largest absolute Gasteiger partial charge is 0.357 e. The number of carbonyl (C=O) groups excluding carboxylic acids is 1. The van der Waals surface area contributed by atoms with Gasteiger partial charge in [-0.3, -0.25) is 4.79 Å². The number of aromatic nitrogens is 1. The SMILES string of the molecule is Cn1ccc(C(=O)CSc2ccccc2Br)c1. The highest BCUT2D eigenvalue weighted by Gasteiger charge is 2.08. The summed E-state index contributed by atoms with van der Waals surface area (Å²) in [6.07, 6.45) is 3.74. The number of hydrogen-bond donors (Lipinski definition) is 0. The number of carbonyl (C=O) groups is 1. The van der Waals surface area contributed by atoms with Crippen LogP contribution in [0, 0.1) is 0 Å². The summed E-state index contributed by atoms with van der Waals surface area (Å²) >= 11 is 5.02. The van der Waals surface area contributed by atoms with E-state index in [0.717, 1.165) is 14.9 Å². The zero-order valence-corrected chi connectivity index (χ0v) is 11.8. The van der Waals surface area contributed by atoms with Gasteiger partial charge < -0.3 is 4.57 Å². The molecule has 0 amide bonds. The Morgan fingerprint density at radius 1 is 1.35 bits per heavy atom. The highest BCUT2D eigenvalue weighted by atomic mass is 79.9. The van der Waals surface area contributed by atoms with Crippen molar-refractivity contribution in [3.8, 4) is 0 Å². The molecule has 0 aliphatic carbocycles. The molecule has 17 heavy (non-hydrogen) atoms. The van der Waals surface area contributed by atoms with Crippen molar-refractivity contribution < 1.29 is 4.79 Å². The smallest absolute Gasteiger partial charge is 0.174 e. The van der Waals surface area contributed by atoms with Crippen molar-refractivity contribution in [1.82, 2.24) is 4.57 Å². The fourth-order valence-electron chi connectivity index (χ4n) is 1.46. The van der Waals surface area contributed by atoms with Crippen LogP contribution in [0.1, 0.15) is 10.4 Å². The predicted molar refractivity (Wildman–Crippen MR) is 74.6 cm³/mol. The van der Waals surface area contributed by atoms with Crippen molar-refractivity contribution in [2.24, 2.45) is 7.05 Å². The topological polar surface area (TPSA) is 22.0 Å². The molecular formula is C13H12BrNOS. The average Bonchev–Trinajstić information content (AvgIpc) is 2.74. The maximum Gasteiger partial charge on any atom is 0.174 e. The number of hydrogen-bond acceptors (Lipinski definition) is 2. The van der Waals surface area contributed by atoms with E-state index in [4.69, 9.17) is 0 Å². The Balaban J connectivity index is 1.99. The summed E-state index contributed by atoms with van der Waals surface area (Å²) in [6, 6.07) is 9.78. The number of ketones is 1. The number of Topliss-reactive ketones (excluding diaryl/α,β-unsaturated/α-hetero) is 1. The molecule has 0 radical (unpaired) electrons. The Hall–Kier alpha value is -1.00. The first-order valence-electron chi connectivity index (χ1n) is 5.19. The predicted octanol–water partition coefficient (Wildman–Crippen LogP) is 3.76. The second kappa shape index (κ2) is 5.56. The third-order valence-corrected chi connectivity index (χ3v) is 4.38. The lowest BCUT2D eigenvalue weighted by molar-refractivity contribution is 0.102. The Bertz CT molecular complexity index is 536. The summed E-state index contributed by atoms with van der Waals surface area (Å²) in [5.41, 5.74) is 0.770. The van der Waals surface area contributed by atoms with E-state index in [1.165, 1.54) is 0 Å². The van der Waals surface area contributed by atoms with Gasteiger partial charge in [0.05, 0.1) is 5.75 Å². The molecular weight excluding hydrogens is 298 g/mol. The summed E-state index contributed by atoms with van der Waals surface area (Å²) in [6.45, 7) is 0. The first-order chi connectivity index (χ1) is 8.16. The Morgan fingerprint density at radius 3 is 2.76 bits per heavy atom. The van der Waals surface area contributed by atoms with Crippen LogP contribution >= 0.6 is 27.7 Å². The van der Waals surface area contributed by atoms with E-state index in [1.54, 1.807) is 11.8 Å². The average molecular weight is 310 g/mol. The molecule has 0 fully saturated rings. The van der Waals surface area contributed by atoms with Crippen molar-refractivity contribution >= 4 is 33.5 Å². The van der Waals surface area contributed by atoms with Crippen molar-refractivity contribution in [3.05, 3.63) is 52.8 Å². The molecule has 0 bridgehead atoms. The van der Waals surface area contributed by atoms with Crippen molar-refractivity contribution in [2.75, 3.05) is 5.75 Å². The fraction of sp³-hybridized carbons (Fsp3) is 0.154. The monoisotopic (exact) mass is 309 g/mol. The molecule has 0 aliphatic rings. The molecule has 2 rings (SSSR count). The van der Waals surface area contributed by atoms with E-state index in [9.17, 15) is 4.79 Å². The normalized spacial score (nSPS) is 10.5. The summed E-state index contributed by atoms with van der Waals surface area (Å²) in [5, 5.41) is 0. The van der Waals surface area contributed by atoms with Crippen molar-refractivity contribution in [2.45, 2.75) is 4.90 Å². The van der Waals surface area contributed by atoms with Gasteiger partial charge in [-0.05, 0) is 34.1 Å². The molecule has 2 nitrogen and oxygen atoms in total. The van der Waals surface area contributed by atoms with E-state index in [-0.39, 0.29) is 5.78 Å². The van der Waals surface area contributed by atoms with Gasteiger partial charge in [-0.15, -0.1) is 11.8 Å². The molecule has 1 aromatic heterocycles. The molecule has 4 heteroatoms. The summed E-state index contributed by atoms with van der Waals surface area (Å²) in [5.74, 6) is 0.624. The van der Waals surface area contributed by atoms with Gasteiger partial charge in [-0.1, -0.05) is 12.1 Å². The summed E-state index contributed by atoms with van der Waals surface area (Å²) < 4.78 is 2.92. The van der Waals surface area contributed by atoms with Crippen LogP contribution in [-0.4, -0.2) is 16.1 Å². The van der Waals surface area contributed by atoms with Gasteiger partial charge in [0.25, 0.3) is 0 Å². The van der Waals surface area contributed by atoms with Crippen LogP contribution in [0.2, 0.25) is 0 Å². The van der Waals surface area contributed by atoms with Crippen LogP contribution in [0.3, 0.4) is 0 Å². The standard InChI is InChI=1S/C13H12BrNOS/c1-15-7-6-10(8-15)12(16)9-17-13-5-3-2-4-11(13)14/h2-8H,9H2,1H3. The van der Waals surface area contributed by atoms with E-state index in [1.807, 2.05) is 54.3 Å². The van der Waals surface area contributed by atoms with Crippen LogP contribution in [0.15, 0.2) is 52.1 Å². The lowest BCUT2D eigenvalue weighted by Crippen LogP contribution is -2.00. The number of benzene rings is 1. The third-order valence-electron chi connectivity index (χ3n) is 2.35. The van der Waals surface area contributed by atoms with Crippen LogP contribution in [0.4, 0.5) is 0 Å². The maximum absolute atomic E-state index is 11.9. The summed E-state index contributed by atoms with van der Waals surface area (Å²) in [4.78, 5) is 13.0. The molecule has 1 aromatic carbocycles. The van der Waals surface area contributed by atoms with E-state index in [2.05, 4.69) is 15.9 Å². The molecule has 2 aromatic rings. The van der Waals surface area contributed by atoms with Gasteiger partial charge in [0.1, 0.15) is 0 Å². The third kappa shape index (κ3) is 3.23. The fourth-order valence-corrected chi connectivity index (χ4v) is 2.92. The molecule has 0 aliphatic heterocycles. The van der Waals surface area contributed by atoms with E-state index < -0.39 is 0 Å². The Morgan fingerprint density at radius 2 is 2.12 bits per heavy atom. The number of thioether (sulfide) groups is 1. The summed E-state index contributed by atoms with van der Waals surface area (Å²) in [7, 11) is 1.91. The van der Waals surface area contributed by atoms with Gasteiger partial charge in [-0.25, -0.2) is 0 Å². The molecule has 0 spiro atoms. The van der Waals surface area contributed by atoms with E-state index >= 15 is 0 Å². The lowest BCUT2D eigenvalue weighted by Gasteiger charge is -2.02. The maximum atomic E-state index is 11.9. The Labute approximate surface area is 113 Å². The van der Waals surface area contributed by atoms with Gasteiger partial charge in [0, 0.05) is 34.4 Å². The highest BCUT2D eigenvalue weighted by Crippen LogP contribution is 2.27. The molecule has 0 atom stereocenters. The lowest BCUT2D eigenvalue weighted by atomic mass is 10.2. The first kappa shape index (κ1) is 12.5. The molecule has 88 valence electrons. The minimum atomic E-state index is 0.159. The van der Waals surface area contributed by atoms with E-state index in [0.29, 0.717) is 5.75 Å². The molecule has 0 saturated carbocycles. The zero-order chi connectivity index (χ0) is 12.3. The number of aryl methyl sites for hydroxylation is 1. The Kier molecular flexibility index (Phi) is 4.07. The van der Waals surface area contributed by atoms with Crippen molar-refractivity contribution in [3.63, 3.8) is 0 Å². The number of halogens is 1. The van der Waals surface area contributed by atoms with Crippen LogP contribution in [0.5, 0.6) is 0 Å². The second-order valence-corrected chi connectivity index (χ2v) is 5.58. The zero-order valence-electron chi connectivity index (χ0n) is 9.39. The van der Waals surface area contributed by atoms with Gasteiger partial charge in [0.2, 0.25) is 0 Å². The molecule has 1 heterocycles. The van der Waals surface area contributed by atoms with Crippen LogP contribution in [0.25, 0.3) is 0 Å². The molecule has 0 N–H and O–H groups in total. The van der Waals surface area contributed by atoms with Gasteiger partial charge >= 0.3 is 0 Å². The first-order valence-corrected chi connectivity index (χ1v) is 6.97. The molecule has 0 saturated heterocycles. The van der Waals surface area contributed by atoms with Gasteiger partial charge in [-0.2, -0.15) is 0 Å². The minimum Gasteiger partial charge on any atom is -0.357 e. The van der Waals surface area contributed by atoms with Crippen LogP contribution < -0.4 is 0 Å². The molecule has 0 unspecified atom stereocenters. The van der Waals surface area contributed by atoms with Crippen molar-refractivity contribution in [1.29, 1.82) is 0 Å². The minimum absolute atomic E-state index is 0.159. The second-order valence-electron chi connectivity index (χ2n) is 3.71. The van der Waals surface area contributed by atoms with Crippen LogP contribution in [-0.2, 0) is 7.05 Å². The van der Waals surface area contributed by atoms with Gasteiger partial charge in [0.15, 0.2) is 5.78 Å². The quantitative estimate of drug-likeness (QED) is 0.633. The number of rotatable bonds is 4. The number of nitrogens with zero attached hydrogens (tertiary/aromatic N) is 1. The highest BCUT2D eigenvalue weighted by molar-refractivity contribution is 9.10.